The molecular formula is C15H17BrN4O. The second kappa shape index (κ2) is 5.10. The second-order valence-corrected chi connectivity index (χ2v) is 6.80. The van der Waals surface area contributed by atoms with Crippen molar-refractivity contribution in [2.45, 2.75) is 13.0 Å². The third kappa shape index (κ3) is 2.17. The molecule has 2 aliphatic rings. The number of nitrogens with one attached hydrogen (secondary N) is 2. The summed E-state index contributed by atoms with van der Waals surface area (Å²) in [5.41, 5.74) is 1.02. The summed E-state index contributed by atoms with van der Waals surface area (Å²) in [6.45, 7) is 2.44. The molecule has 0 radical (unpaired) electrons. The van der Waals surface area contributed by atoms with Gasteiger partial charge in [0.05, 0.1) is 18.3 Å². The van der Waals surface area contributed by atoms with Crippen molar-refractivity contribution in [3.63, 3.8) is 0 Å². The summed E-state index contributed by atoms with van der Waals surface area (Å²) >= 11 is 3.51. The summed E-state index contributed by atoms with van der Waals surface area (Å²) in [6.07, 6.45) is 4.99. The fourth-order valence-corrected chi connectivity index (χ4v) is 4.08. The number of nitrogens with zero attached hydrogens (tertiary/aromatic N) is 2. The van der Waals surface area contributed by atoms with Crippen molar-refractivity contribution in [3.8, 4) is 0 Å². The molecule has 2 aromatic rings. The standard InChI is InChI=1S/C15H17BrN4O/c16-11-2-1-3-20-12(11)7-18-13(20)8-19-15(21)14-9-4-10(14)6-17-5-9/h1-3,7,9-10,14,17H,4-6,8H2,(H,19,21)/t9-,10+,14-. The number of carbonyl (C=O) groups excluding carboxylic acids is 1. The van der Waals surface area contributed by atoms with Gasteiger partial charge in [0.2, 0.25) is 5.91 Å². The lowest BCUT2D eigenvalue weighted by molar-refractivity contribution is -0.136. The maximum atomic E-state index is 12.4. The van der Waals surface area contributed by atoms with E-state index in [1.807, 2.05) is 28.9 Å². The molecule has 3 heterocycles. The van der Waals surface area contributed by atoms with E-state index in [1.54, 1.807) is 0 Å². The molecule has 110 valence electrons. The molecule has 3 atom stereocenters. The predicted octanol–water partition coefficient (Wildman–Crippen LogP) is 1.57. The smallest absolute Gasteiger partial charge is 0.224 e. The summed E-state index contributed by atoms with van der Waals surface area (Å²) in [4.78, 5) is 16.8. The molecule has 1 saturated heterocycles. The Hall–Kier alpha value is -1.40. The second-order valence-electron chi connectivity index (χ2n) is 5.94. The fourth-order valence-electron chi connectivity index (χ4n) is 3.63. The number of aromatic nitrogens is 2. The third-order valence-electron chi connectivity index (χ3n) is 4.75. The molecule has 1 amide bonds. The minimum absolute atomic E-state index is 0.185. The molecule has 0 unspecified atom stereocenters. The van der Waals surface area contributed by atoms with Crippen LogP contribution in [-0.2, 0) is 11.3 Å². The van der Waals surface area contributed by atoms with Crippen LogP contribution >= 0.6 is 15.9 Å². The number of pyridine rings is 1. The Bertz CT molecular complexity index is 684. The Balaban J connectivity index is 1.46. The van der Waals surface area contributed by atoms with E-state index in [-0.39, 0.29) is 11.8 Å². The van der Waals surface area contributed by atoms with Crippen molar-refractivity contribution in [1.29, 1.82) is 0 Å². The Morgan fingerprint density at radius 2 is 2.29 bits per heavy atom. The molecule has 0 spiro atoms. The van der Waals surface area contributed by atoms with Gasteiger partial charge in [0, 0.05) is 16.6 Å². The van der Waals surface area contributed by atoms with Crippen LogP contribution in [0.1, 0.15) is 12.2 Å². The first-order valence-electron chi connectivity index (χ1n) is 7.33. The minimum atomic E-state index is 0.185. The molecular weight excluding hydrogens is 332 g/mol. The van der Waals surface area contributed by atoms with Gasteiger partial charge >= 0.3 is 0 Å². The van der Waals surface area contributed by atoms with Crippen molar-refractivity contribution in [3.05, 3.63) is 34.8 Å². The predicted molar refractivity (Wildman–Crippen MR) is 82.7 cm³/mol. The van der Waals surface area contributed by atoms with Gasteiger partial charge in [0.1, 0.15) is 5.82 Å². The molecule has 1 aliphatic carbocycles. The van der Waals surface area contributed by atoms with Gasteiger partial charge in [-0.1, -0.05) is 0 Å². The fraction of sp³-hybridized carbons (Fsp3) is 0.467. The van der Waals surface area contributed by atoms with Crippen LogP contribution in [0.15, 0.2) is 29.0 Å². The van der Waals surface area contributed by atoms with Crippen LogP contribution in [0, 0.1) is 17.8 Å². The summed E-state index contributed by atoms with van der Waals surface area (Å²) in [5, 5.41) is 6.43. The van der Waals surface area contributed by atoms with Crippen LogP contribution in [0.4, 0.5) is 0 Å². The molecule has 2 bridgehead atoms. The summed E-state index contributed by atoms with van der Waals surface area (Å²) in [6, 6.07) is 3.95. The Labute approximate surface area is 131 Å². The highest BCUT2D eigenvalue weighted by Crippen LogP contribution is 2.42. The SMILES string of the molecule is O=C(NCc1ncc2c(Br)cccn12)[C@H]1[C@@H]2CNC[C@H]1C2. The normalized spacial score (nSPS) is 27.4. The van der Waals surface area contributed by atoms with E-state index in [0.717, 1.165) is 28.9 Å². The number of rotatable bonds is 3. The molecule has 2 aromatic heterocycles. The van der Waals surface area contributed by atoms with Gasteiger partial charge in [-0.2, -0.15) is 0 Å². The Morgan fingerprint density at radius 3 is 3.05 bits per heavy atom. The zero-order chi connectivity index (χ0) is 14.4. The number of halogens is 1. The van der Waals surface area contributed by atoms with Crippen molar-refractivity contribution in [2.24, 2.45) is 17.8 Å². The zero-order valence-electron chi connectivity index (χ0n) is 11.6. The van der Waals surface area contributed by atoms with E-state index in [0.29, 0.717) is 18.4 Å². The lowest BCUT2D eigenvalue weighted by atomic mass is 9.62. The average Bonchev–Trinajstić information content (AvgIpc) is 2.90. The largest absolute Gasteiger partial charge is 0.349 e. The van der Waals surface area contributed by atoms with Crippen LogP contribution in [0.2, 0.25) is 0 Å². The average molecular weight is 349 g/mol. The van der Waals surface area contributed by atoms with Gasteiger partial charge in [-0.3, -0.25) is 4.79 Å². The van der Waals surface area contributed by atoms with E-state index in [2.05, 4.69) is 31.5 Å². The van der Waals surface area contributed by atoms with Gasteiger partial charge in [-0.15, -0.1) is 0 Å². The first-order valence-corrected chi connectivity index (χ1v) is 8.12. The number of imidazole rings is 1. The van der Waals surface area contributed by atoms with Gasteiger partial charge in [-0.25, -0.2) is 4.98 Å². The van der Waals surface area contributed by atoms with Crippen molar-refractivity contribution in [2.75, 3.05) is 13.1 Å². The van der Waals surface area contributed by atoms with Gasteiger partial charge in [0.25, 0.3) is 0 Å². The lowest BCUT2D eigenvalue weighted by Gasteiger charge is -2.48. The van der Waals surface area contributed by atoms with Crippen LogP contribution in [0.3, 0.4) is 0 Å². The first-order chi connectivity index (χ1) is 10.2. The van der Waals surface area contributed by atoms with E-state index in [1.165, 1.54) is 6.42 Å². The van der Waals surface area contributed by atoms with Crippen LogP contribution in [0.5, 0.6) is 0 Å². The van der Waals surface area contributed by atoms with E-state index < -0.39 is 0 Å². The highest BCUT2D eigenvalue weighted by atomic mass is 79.9. The maximum absolute atomic E-state index is 12.4. The topological polar surface area (TPSA) is 58.4 Å². The van der Waals surface area contributed by atoms with Gasteiger partial charge in [0.15, 0.2) is 0 Å². The van der Waals surface area contributed by atoms with E-state index in [4.69, 9.17) is 0 Å². The number of carbonyl (C=O) groups is 1. The monoisotopic (exact) mass is 348 g/mol. The molecule has 21 heavy (non-hydrogen) atoms. The number of amides is 1. The summed E-state index contributed by atoms with van der Waals surface area (Å²) in [7, 11) is 0. The van der Waals surface area contributed by atoms with Crippen molar-refractivity contribution < 1.29 is 4.79 Å². The molecule has 5 nitrogen and oxygen atoms in total. The number of fused-ring (bicyclic) bond motifs is 3. The highest BCUT2D eigenvalue weighted by molar-refractivity contribution is 9.10. The lowest BCUT2D eigenvalue weighted by Crippen LogP contribution is -2.58. The molecule has 4 rings (SSSR count). The Morgan fingerprint density at radius 1 is 1.48 bits per heavy atom. The molecule has 2 fully saturated rings. The highest BCUT2D eigenvalue weighted by Gasteiger charge is 2.47. The maximum Gasteiger partial charge on any atom is 0.224 e. The number of piperidine rings is 2. The summed E-state index contributed by atoms with van der Waals surface area (Å²) < 4.78 is 3.02. The van der Waals surface area contributed by atoms with Crippen LogP contribution < -0.4 is 10.6 Å². The Kier molecular flexibility index (Phi) is 3.23. The third-order valence-corrected chi connectivity index (χ3v) is 5.42. The molecule has 6 heteroatoms. The van der Waals surface area contributed by atoms with Crippen LogP contribution in [-0.4, -0.2) is 28.4 Å². The van der Waals surface area contributed by atoms with Gasteiger partial charge in [-0.05, 0) is 59.4 Å². The molecule has 1 aliphatic heterocycles. The van der Waals surface area contributed by atoms with Crippen LogP contribution in [0.25, 0.3) is 5.52 Å². The zero-order valence-corrected chi connectivity index (χ0v) is 13.1. The molecule has 1 saturated carbocycles. The first kappa shape index (κ1) is 13.3. The van der Waals surface area contributed by atoms with Gasteiger partial charge < -0.3 is 15.0 Å². The van der Waals surface area contributed by atoms with E-state index >= 15 is 0 Å². The minimum Gasteiger partial charge on any atom is -0.349 e. The van der Waals surface area contributed by atoms with E-state index in [9.17, 15) is 4.79 Å². The summed E-state index contributed by atoms with van der Waals surface area (Å²) in [5.74, 6) is 2.29. The molecule has 2 N–H and O–H groups in total. The molecule has 0 aromatic carbocycles. The van der Waals surface area contributed by atoms with Crippen molar-refractivity contribution in [1.82, 2.24) is 20.0 Å². The quantitative estimate of drug-likeness (QED) is 0.885. The van der Waals surface area contributed by atoms with Crippen molar-refractivity contribution >= 4 is 27.4 Å². The number of hydrogen-bond acceptors (Lipinski definition) is 3. The number of hydrogen-bond donors (Lipinski definition) is 2.